The molecule has 1 aliphatic carbocycles. The fourth-order valence-corrected chi connectivity index (χ4v) is 6.03. The second-order valence-electron chi connectivity index (χ2n) is 11.1. The minimum atomic E-state index is -4.38. The second kappa shape index (κ2) is 13.0. The smallest absolute Gasteiger partial charge is 0.316 e. The molecule has 4 nitrogen and oxygen atoms in total. The van der Waals surface area contributed by atoms with Gasteiger partial charge in [-0.05, 0) is 87.3 Å². The number of pyridine rings is 1. The predicted molar refractivity (Wildman–Crippen MR) is 155 cm³/mol. The summed E-state index contributed by atoms with van der Waals surface area (Å²) in [6, 6.07) is 18.3. The number of nitrogens with zero attached hydrogens (tertiary/aromatic N) is 4. The normalized spacial score (nSPS) is 14.9. The van der Waals surface area contributed by atoms with Crippen molar-refractivity contribution in [2.45, 2.75) is 70.3 Å². The second-order valence-corrected chi connectivity index (χ2v) is 11.1. The molecule has 0 N–H and O–H groups in total. The molecule has 2 aromatic heterocycles. The number of rotatable bonds is 11. The summed E-state index contributed by atoms with van der Waals surface area (Å²) in [5.74, 6) is 0. The van der Waals surface area contributed by atoms with Crippen LogP contribution < -0.4 is 0 Å². The van der Waals surface area contributed by atoms with E-state index >= 15 is 0 Å². The largest absolute Gasteiger partial charge is 0.416 e. The van der Waals surface area contributed by atoms with Crippen molar-refractivity contribution in [3.8, 4) is 5.69 Å². The highest BCUT2D eigenvalue weighted by atomic mass is 19.4. The van der Waals surface area contributed by atoms with Gasteiger partial charge >= 0.3 is 6.18 Å². The maximum absolute atomic E-state index is 13.5. The lowest BCUT2D eigenvalue weighted by atomic mass is 9.94. The van der Waals surface area contributed by atoms with Crippen molar-refractivity contribution in [2.75, 3.05) is 20.1 Å². The van der Waals surface area contributed by atoms with E-state index in [0.29, 0.717) is 12.2 Å². The van der Waals surface area contributed by atoms with Gasteiger partial charge in [0.15, 0.2) is 0 Å². The standard InChI is InChI=1S/C33H39F3N4/c1-38(29-13-3-2-4-14-29)19-7-8-20-39(23-26-11-10-18-37-22-26)24-27-25-40(32-17-6-5-16-31(27)32)30-15-9-12-28(21-30)33(34,35)36/h5-6,9-12,15-18,21-22,25,29H,2-4,7-8,13-14,19-20,23-24H2,1H3. The predicted octanol–water partition coefficient (Wildman–Crippen LogP) is 8.09. The number of aromatic nitrogens is 2. The van der Waals surface area contributed by atoms with Gasteiger partial charge in [0, 0.05) is 48.8 Å². The molecule has 2 aromatic carbocycles. The molecule has 0 spiro atoms. The van der Waals surface area contributed by atoms with E-state index in [1.807, 2.05) is 41.2 Å². The maximum atomic E-state index is 13.5. The molecule has 0 aliphatic heterocycles. The van der Waals surface area contributed by atoms with Gasteiger partial charge in [-0.1, -0.05) is 49.6 Å². The van der Waals surface area contributed by atoms with Crippen molar-refractivity contribution in [3.63, 3.8) is 0 Å². The molecule has 0 bridgehead atoms. The number of benzene rings is 2. The van der Waals surface area contributed by atoms with Gasteiger partial charge in [-0.2, -0.15) is 13.2 Å². The maximum Gasteiger partial charge on any atom is 0.416 e. The molecular weight excluding hydrogens is 509 g/mol. The van der Waals surface area contributed by atoms with Crippen LogP contribution in [0.3, 0.4) is 0 Å². The molecule has 0 amide bonds. The molecule has 1 saturated carbocycles. The highest BCUT2D eigenvalue weighted by Crippen LogP contribution is 2.32. The SMILES string of the molecule is CN(CCCCN(Cc1cccnc1)Cc1cn(-c2cccc(C(F)(F)F)c2)c2ccccc12)C1CCCCC1. The van der Waals surface area contributed by atoms with Gasteiger partial charge in [0.05, 0.1) is 11.1 Å². The first-order chi connectivity index (χ1) is 19.4. The van der Waals surface area contributed by atoms with Gasteiger partial charge < -0.3 is 9.47 Å². The van der Waals surface area contributed by atoms with Crippen LogP contribution in [0.25, 0.3) is 16.6 Å². The molecule has 4 aromatic rings. The van der Waals surface area contributed by atoms with Crippen LogP contribution >= 0.6 is 0 Å². The van der Waals surface area contributed by atoms with Gasteiger partial charge in [-0.25, -0.2) is 0 Å². The van der Waals surface area contributed by atoms with Gasteiger partial charge in [0.1, 0.15) is 0 Å². The molecule has 40 heavy (non-hydrogen) atoms. The third kappa shape index (κ3) is 7.12. The van der Waals surface area contributed by atoms with E-state index in [4.69, 9.17) is 0 Å². The summed E-state index contributed by atoms with van der Waals surface area (Å²) in [7, 11) is 2.27. The van der Waals surface area contributed by atoms with E-state index in [0.717, 1.165) is 66.6 Å². The molecular formula is C33H39F3N4. The van der Waals surface area contributed by atoms with Crippen LogP contribution in [-0.2, 0) is 19.3 Å². The lowest BCUT2D eigenvalue weighted by molar-refractivity contribution is -0.137. The monoisotopic (exact) mass is 548 g/mol. The van der Waals surface area contributed by atoms with E-state index < -0.39 is 11.7 Å². The van der Waals surface area contributed by atoms with E-state index in [1.165, 1.54) is 44.2 Å². The lowest BCUT2D eigenvalue weighted by Gasteiger charge is -2.31. The van der Waals surface area contributed by atoms with Crippen molar-refractivity contribution in [1.82, 2.24) is 19.4 Å². The number of halogens is 3. The third-order valence-electron chi connectivity index (χ3n) is 8.20. The fourth-order valence-electron chi connectivity index (χ4n) is 6.03. The van der Waals surface area contributed by atoms with Crippen LogP contribution in [0.4, 0.5) is 13.2 Å². The number of hydrogen-bond acceptors (Lipinski definition) is 3. The Morgan fingerprint density at radius 1 is 0.900 bits per heavy atom. The number of fused-ring (bicyclic) bond motifs is 1. The topological polar surface area (TPSA) is 24.3 Å². The average Bonchev–Trinajstić information content (AvgIpc) is 3.34. The molecule has 1 fully saturated rings. The molecule has 0 radical (unpaired) electrons. The van der Waals surface area contributed by atoms with Gasteiger partial charge in [-0.3, -0.25) is 9.88 Å². The number of para-hydroxylation sites is 1. The molecule has 2 heterocycles. The van der Waals surface area contributed by atoms with Crippen molar-refractivity contribution in [1.29, 1.82) is 0 Å². The first kappa shape index (κ1) is 28.4. The van der Waals surface area contributed by atoms with E-state index in [1.54, 1.807) is 12.3 Å². The quantitative estimate of drug-likeness (QED) is 0.177. The Labute approximate surface area is 235 Å². The van der Waals surface area contributed by atoms with Crippen LogP contribution in [0.1, 0.15) is 61.6 Å². The Balaban J connectivity index is 1.34. The Morgan fingerprint density at radius 2 is 1.70 bits per heavy atom. The zero-order valence-corrected chi connectivity index (χ0v) is 23.3. The van der Waals surface area contributed by atoms with Gasteiger partial charge in [0.25, 0.3) is 0 Å². The summed E-state index contributed by atoms with van der Waals surface area (Å²) in [6.07, 6.45) is 10.3. The molecule has 0 saturated heterocycles. The molecule has 0 unspecified atom stereocenters. The number of unbranched alkanes of at least 4 members (excludes halogenated alkanes) is 1. The summed E-state index contributed by atoms with van der Waals surface area (Å²) in [5.41, 5.74) is 3.05. The average molecular weight is 549 g/mol. The first-order valence-electron chi connectivity index (χ1n) is 14.5. The number of hydrogen-bond donors (Lipinski definition) is 0. The molecule has 212 valence electrons. The summed E-state index contributed by atoms with van der Waals surface area (Å²) in [6.45, 7) is 3.53. The summed E-state index contributed by atoms with van der Waals surface area (Å²) in [4.78, 5) is 9.30. The zero-order valence-electron chi connectivity index (χ0n) is 23.3. The van der Waals surface area contributed by atoms with Crippen molar-refractivity contribution >= 4 is 10.9 Å². The molecule has 5 rings (SSSR count). The minimum Gasteiger partial charge on any atom is -0.316 e. The number of alkyl halides is 3. The van der Waals surface area contributed by atoms with Crippen LogP contribution in [-0.4, -0.2) is 45.5 Å². The van der Waals surface area contributed by atoms with Crippen molar-refractivity contribution in [3.05, 3.63) is 95.9 Å². The minimum absolute atomic E-state index is 0.516. The Morgan fingerprint density at radius 3 is 2.48 bits per heavy atom. The highest BCUT2D eigenvalue weighted by Gasteiger charge is 2.30. The summed E-state index contributed by atoms with van der Waals surface area (Å²) in [5, 5.41) is 1.06. The van der Waals surface area contributed by atoms with E-state index in [-0.39, 0.29) is 0 Å². The zero-order chi connectivity index (χ0) is 28.0. The van der Waals surface area contributed by atoms with Crippen LogP contribution in [0.15, 0.2) is 79.3 Å². The Hall–Kier alpha value is -3.16. The molecule has 7 heteroatoms. The molecule has 0 atom stereocenters. The summed E-state index contributed by atoms with van der Waals surface area (Å²) >= 11 is 0. The third-order valence-corrected chi connectivity index (χ3v) is 8.20. The van der Waals surface area contributed by atoms with Crippen molar-refractivity contribution < 1.29 is 13.2 Å². The Bertz CT molecular complexity index is 1360. The first-order valence-corrected chi connectivity index (χ1v) is 14.5. The van der Waals surface area contributed by atoms with E-state index in [9.17, 15) is 13.2 Å². The van der Waals surface area contributed by atoms with Gasteiger partial charge in [-0.15, -0.1) is 0 Å². The van der Waals surface area contributed by atoms with Crippen molar-refractivity contribution in [2.24, 2.45) is 0 Å². The highest BCUT2D eigenvalue weighted by molar-refractivity contribution is 5.85. The fraction of sp³-hybridized carbons (Fsp3) is 0.424. The van der Waals surface area contributed by atoms with Crippen LogP contribution in [0, 0.1) is 0 Å². The summed E-state index contributed by atoms with van der Waals surface area (Å²) < 4.78 is 42.3. The van der Waals surface area contributed by atoms with Gasteiger partial charge in [0.2, 0.25) is 0 Å². The van der Waals surface area contributed by atoms with E-state index in [2.05, 4.69) is 34.0 Å². The van der Waals surface area contributed by atoms with Crippen LogP contribution in [0.5, 0.6) is 0 Å². The lowest BCUT2D eigenvalue weighted by Crippen LogP contribution is -2.34. The van der Waals surface area contributed by atoms with Crippen LogP contribution in [0.2, 0.25) is 0 Å². The molecule has 1 aliphatic rings. The Kier molecular flexibility index (Phi) is 9.22.